The van der Waals surface area contributed by atoms with E-state index in [0.29, 0.717) is 0 Å². The Labute approximate surface area is 135 Å². The first-order valence-electron chi connectivity index (χ1n) is 7.80. The Hall–Kier alpha value is -1.65. The van der Waals surface area contributed by atoms with E-state index in [9.17, 15) is 4.79 Å². The van der Waals surface area contributed by atoms with Crippen molar-refractivity contribution in [3.63, 3.8) is 0 Å². The average molecular weight is 315 g/mol. The topological polar surface area (TPSA) is 29.5 Å². The largest absolute Gasteiger partial charge is 0.378 e. The van der Waals surface area contributed by atoms with E-state index in [0.717, 1.165) is 44.5 Å². The number of nitrogens with zero attached hydrogens (tertiary/aromatic N) is 1. The Bertz CT molecular complexity index is 574. The molecule has 2 heterocycles. The van der Waals surface area contributed by atoms with Crippen LogP contribution in [0.3, 0.4) is 0 Å². The molecular weight excluding hydrogens is 294 g/mol. The smallest absolute Gasteiger partial charge is 0.254 e. The highest BCUT2D eigenvalue weighted by molar-refractivity contribution is 7.08. The number of rotatable bonds is 5. The van der Waals surface area contributed by atoms with Gasteiger partial charge >= 0.3 is 0 Å². The molecule has 1 fully saturated rings. The average Bonchev–Trinajstić information content (AvgIpc) is 3.10. The third kappa shape index (κ3) is 3.96. The van der Waals surface area contributed by atoms with E-state index in [2.05, 4.69) is 24.3 Å². The summed E-state index contributed by atoms with van der Waals surface area (Å²) < 4.78 is 5.97. The summed E-state index contributed by atoms with van der Waals surface area (Å²) in [7, 11) is 0. The molecule has 0 spiro atoms. The van der Waals surface area contributed by atoms with Gasteiger partial charge in [-0.1, -0.05) is 30.3 Å². The molecule has 0 bridgehead atoms. The fraction of sp³-hybridized carbons (Fsp3) is 0.389. The number of carbonyl (C=O) groups is 1. The molecule has 0 saturated carbocycles. The van der Waals surface area contributed by atoms with Crippen molar-refractivity contribution in [2.24, 2.45) is 0 Å². The number of ether oxygens (including phenoxy) is 1. The molecule has 0 aliphatic carbocycles. The predicted molar refractivity (Wildman–Crippen MR) is 89.3 cm³/mol. The Morgan fingerprint density at radius 2 is 1.95 bits per heavy atom. The van der Waals surface area contributed by atoms with Gasteiger partial charge in [0.2, 0.25) is 0 Å². The van der Waals surface area contributed by atoms with Crippen molar-refractivity contribution in [2.45, 2.75) is 25.4 Å². The van der Waals surface area contributed by atoms with Gasteiger partial charge in [-0.05, 0) is 36.3 Å². The maximum Gasteiger partial charge on any atom is 0.254 e. The van der Waals surface area contributed by atoms with E-state index in [1.165, 1.54) is 5.56 Å². The molecule has 3 nitrogen and oxygen atoms in total. The van der Waals surface area contributed by atoms with Crippen LogP contribution >= 0.6 is 11.3 Å². The van der Waals surface area contributed by atoms with Crippen molar-refractivity contribution in [2.75, 3.05) is 19.7 Å². The van der Waals surface area contributed by atoms with E-state index in [-0.39, 0.29) is 12.0 Å². The van der Waals surface area contributed by atoms with Gasteiger partial charge in [-0.2, -0.15) is 11.3 Å². The zero-order chi connectivity index (χ0) is 15.2. The fourth-order valence-corrected chi connectivity index (χ4v) is 3.41. The van der Waals surface area contributed by atoms with Crippen LogP contribution in [0, 0.1) is 0 Å². The number of carbonyl (C=O) groups excluding carboxylic acids is 1. The lowest BCUT2D eigenvalue weighted by Gasteiger charge is -2.31. The van der Waals surface area contributed by atoms with E-state index in [1.54, 1.807) is 11.3 Å². The summed E-state index contributed by atoms with van der Waals surface area (Å²) in [5, 5.41) is 3.87. The number of benzene rings is 1. The molecule has 0 N–H and O–H groups in total. The van der Waals surface area contributed by atoms with Gasteiger partial charge in [-0.25, -0.2) is 0 Å². The quantitative estimate of drug-likeness (QED) is 0.843. The second-order valence-electron chi connectivity index (χ2n) is 5.61. The summed E-state index contributed by atoms with van der Waals surface area (Å²) in [6, 6.07) is 12.3. The first kappa shape index (κ1) is 15.3. The van der Waals surface area contributed by atoms with Crippen LogP contribution in [-0.2, 0) is 11.2 Å². The van der Waals surface area contributed by atoms with Crippen LogP contribution < -0.4 is 0 Å². The molecule has 22 heavy (non-hydrogen) atoms. The minimum atomic E-state index is 0.156. The number of hydrogen-bond acceptors (Lipinski definition) is 3. The standard InChI is InChI=1S/C18H21NO2S/c20-18(16-9-13-22-14-16)19-10-6-17(7-11-19)21-12-8-15-4-2-1-3-5-15/h1-5,9,13-14,17H,6-8,10-12H2. The monoisotopic (exact) mass is 315 g/mol. The molecule has 1 amide bonds. The Morgan fingerprint density at radius 3 is 2.64 bits per heavy atom. The lowest BCUT2D eigenvalue weighted by molar-refractivity contribution is 0.0101. The van der Waals surface area contributed by atoms with Gasteiger partial charge in [0.05, 0.1) is 18.3 Å². The number of thiophene rings is 1. The first-order valence-corrected chi connectivity index (χ1v) is 8.74. The SMILES string of the molecule is O=C(c1ccsc1)N1CCC(OCCc2ccccc2)CC1. The number of likely N-dealkylation sites (tertiary alicyclic amines) is 1. The first-order chi connectivity index (χ1) is 10.8. The summed E-state index contributed by atoms with van der Waals surface area (Å²) in [6.45, 7) is 2.35. The third-order valence-corrected chi connectivity index (χ3v) is 4.77. The molecule has 2 aromatic rings. The maximum atomic E-state index is 12.3. The highest BCUT2D eigenvalue weighted by Crippen LogP contribution is 2.18. The number of piperidine rings is 1. The molecule has 0 unspecified atom stereocenters. The van der Waals surface area contributed by atoms with Crippen LogP contribution in [0.1, 0.15) is 28.8 Å². The lowest BCUT2D eigenvalue weighted by atomic mass is 10.1. The molecular formula is C18H21NO2S. The minimum absolute atomic E-state index is 0.156. The van der Waals surface area contributed by atoms with E-state index < -0.39 is 0 Å². The minimum Gasteiger partial charge on any atom is -0.378 e. The molecule has 4 heteroatoms. The van der Waals surface area contributed by atoms with Crippen molar-refractivity contribution in [3.05, 3.63) is 58.3 Å². The molecule has 1 aliphatic heterocycles. The molecule has 1 aliphatic rings. The summed E-state index contributed by atoms with van der Waals surface area (Å²) in [5.74, 6) is 0.156. The van der Waals surface area contributed by atoms with Crippen LogP contribution in [-0.4, -0.2) is 36.6 Å². The summed E-state index contributed by atoms with van der Waals surface area (Å²) in [5.41, 5.74) is 2.13. The summed E-state index contributed by atoms with van der Waals surface area (Å²) in [4.78, 5) is 14.2. The van der Waals surface area contributed by atoms with Gasteiger partial charge in [-0.3, -0.25) is 4.79 Å². The van der Waals surface area contributed by atoms with Crippen LogP contribution in [0.4, 0.5) is 0 Å². The van der Waals surface area contributed by atoms with Gasteiger partial charge in [0.25, 0.3) is 5.91 Å². The molecule has 1 aromatic carbocycles. The van der Waals surface area contributed by atoms with Crippen molar-refractivity contribution in [3.8, 4) is 0 Å². The van der Waals surface area contributed by atoms with Gasteiger partial charge in [0, 0.05) is 18.5 Å². The van der Waals surface area contributed by atoms with Crippen LogP contribution in [0.2, 0.25) is 0 Å². The zero-order valence-electron chi connectivity index (χ0n) is 12.6. The van der Waals surface area contributed by atoms with Crippen molar-refractivity contribution in [1.29, 1.82) is 0 Å². The van der Waals surface area contributed by atoms with Crippen LogP contribution in [0.5, 0.6) is 0 Å². The van der Waals surface area contributed by atoms with Gasteiger partial charge in [-0.15, -0.1) is 0 Å². The lowest BCUT2D eigenvalue weighted by Crippen LogP contribution is -2.40. The highest BCUT2D eigenvalue weighted by Gasteiger charge is 2.24. The Kier molecular flexibility index (Phi) is 5.24. The zero-order valence-corrected chi connectivity index (χ0v) is 13.4. The molecule has 0 radical (unpaired) electrons. The normalized spacial score (nSPS) is 15.9. The molecule has 116 valence electrons. The fourth-order valence-electron chi connectivity index (χ4n) is 2.78. The van der Waals surface area contributed by atoms with Gasteiger partial charge in [0.15, 0.2) is 0 Å². The summed E-state index contributed by atoms with van der Waals surface area (Å²) in [6.07, 6.45) is 3.11. The van der Waals surface area contributed by atoms with E-state index >= 15 is 0 Å². The molecule has 0 atom stereocenters. The van der Waals surface area contributed by atoms with Crippen LogP contribution in [0.25, 0.3) is 0 Å². The number of hydrogen-bond donors (Lipinski definition) is 0. The van der Waals surface area contributed by atoms with Crippen LogP contribution in [0.15, 0.2) is 47.2 Å². The van der Waals surface area contributed by atoms with E-state index in [1.807, 2.05) is 27.8 Å². The Morgan fingerprint density at radius 1 is 1.18 bits per heavy atom. The summed E-state index contributed by atoms with van der Waals surface area (Å²) >= 11 is 1.57. The van der Waals surface area contributed by atoms with E-state index in [4.69, 9.17) is 4.74 Å². The van der Waals surface area contributed by atoms with Crippen molar-refractivity contribution >= 4 is 17.2 Å². The second kappa shape index (κ2) is 7.56. The van der Waals surface area contributed by atoms with Gasteiger partial charge < -0.3 is 9.64 Å². The third-order valence-electron chi connectivity index (χ3n) is 4.08. The van der Waals surface area contributed by atoms with Gasteiger partial charge in [0.1, 0.15) is 0 Å². The molecule has 3 rings (SSSR count). The molecule has 1 aromatic heterocycles. The maximum absolute atomic E-state index is 12.3. The molecule has 1 saturated heterocycles. The number of amides is 1. The van der Waals surface area contributed by atoms with Crippen molar-refractivity contribution in [1.82, 2.24) is 4.90 Å². The second-order valence-corrected chi connectivity index (χ2v) is 6.39. The highest BCUT2D eigenvalue weighted by atomic mass is 32.1. The predicted octanol–water partition coefficient (Wildman–Crippen LogP) is 3.61. The Balaban J connectivity index is 1.39. The van der Waals surface area contributed by atoms with Crippen molar-refractivity contribution < 1.29 is 9.53 Å².